The van der Waals surface area contributed by atoms with Crippen LogP contribution < -0.4 is 15.4 Å². The average Bonchev–Trinajstić information content (AvgIpc) is 2.71. The minimum absolute atomic E-state index is 0.110. The Kier molecular flexibility index (Phi) is 7.09. The van der Waals surface area contributed by atoms with Gasteiger partial charge in [-0.1, -0.05) is 0 Å². The van der Waals surface area contributed by atoms with E-state index in [0.717, 1.165) is 0 Å². The fourth-order valence-electron chi connectivity index (χ4n) is 2.13. The summed E-state index contributed by atoms with van der Waals surface area (Å²) in [4.78, 5) is 34.6. The van der Waals surface area contributed by atoms with Crippen LogP contribution in [0.15, 0.2) is 60.4 Å². The zero-order valence-electron chi connectivity index (χ0n) is 15.3. The zero-order chi connectivity index (χ0) is 20.5. The molecule has 2 aromatic carbocycles. The van der Waals surface area contributed by atoms with E-state index in [0.29, 0.717) is 11.4 Å². The molecule has 0 bridgehead atoms. The first-order valence-electron chi connectivity index (χ1n) is 8.28. The summed E-state index contributed by atoms with van der Waals surface area (Å²) in [5.41, 5.74) is 0.567. The molecular weight excluding hydrogens is 366 g/mol. The van der Waals surface area contributed by atoms with Crippen LogP contribution in [0.1, 0.15) is 17.3 Å². The van der Waals surface area contributed by atoms with Crippen LogP contribution in [0.5, 0.6) is 5.75 Å². The summed E-state index contributed by atoms with van der Waals surface area (Å²) in [7, 11) is 1.55. The molecule has 28 heavy (non-hydrogen) atoms. The molecule has 0 saturated heterocycles. The number of carbonyl (C=O) groups excluding carboxylic acids is 2. The number of non-ortho nitro benzene ring substituents is 1. The van der Waals surface area contributed by atoms with E-state index in [9.17, 15) is 19.7 Å². The van der Waals surface area contributed by atoms with E-state index in [2.05, 4.69) is 10.6 Å². The van der Waals surface area contributed by atoms with Gasteiger partial charge < -0.3 is 20.1 Å². The van der Waals surface area contributed by atoms with E-state index in [1.165, 1.54) is 30.5 Å². The number of nitrogens with zero attached hydrogens (tertiary/aromatic N) is 1. The highest BCUT2D eigenvalue weighted by Gasteiger charge is 2.16. The van der Waals surface area contributed by atoms with E-state index in [1.807, 2.05) is 0 Å². The van der Waals surface area contributed by atoms with Crippen LogP contribution in [0.25, 0.3) is 0 Å². The first-order valence-corrected chi connectivity index (χ1v) is 8.28. The van der Waals surface area contributed by atoms with Gasteiger partial charge in [-0.15, -0.1) is 0 Å². The molecule has 0 saturated carbocycles. The van der Waals surface area contributed by atoms with Crippen LogP contribution in [0.2, 0.25) is 0 Å². The van der Waals surface area contributed by atoms with Crippen molar-refractivity contribution in [2.24, 2.45) is 0 Å². The second-order valence-electron chi connectivity index (χ2n) is 5.41. The number of methoxy groups -OCH3 is 1. The summed E-state index contributed by atoms with van der Waals surface area (Å²) in [5, 5.41) is 16.0. The molecule has 0 aliphatic rings. The summed E-state index contributed by atoms with van der Waals surface area (Å²) < 4.78 is 10.0. The molecule has 0 fully saturated rings. The fourth-order valence-corrected chi connectivity index (χ4v) is 2.13. The van der Waals surface area contributed by atoms with E-state index in [4.69, 9.17) is 9.47 Å². The minimum atomic E-state index is -0.723. The molecule has 2 rings (SSSR count). The lowest BCUT2D eigenvalue weighted by Crippen LogP contribution is -2.29. The van der Waals surface area contributed by atoms with Gasteiger partial charge in [0.25, 0.3) is 11.6 Å². The summed E-state index contributed by atoms with van der Waals surface area (Å²) in [5.74, 6) is -0.656. The van der Waals surface area contributed by atoms with Crippen LogP contribution in [-0.4, -0.2) is 30.5 Å². The Hall–Kier alpha value is -3.88. The maximum absolute atomic E-state index is 12.4. The van der Waals surface area contributed by atoms with Crippen LogP contribution >= 0.6 is 0 Å². The smallest absolute Gasteiger partial charge is 0.356 e. The number of rotatable bonds is 8. The van der Waals surface area contributed by atoms with Gasteiger partial charge in [-0.25, -0.2) is 4.79 Å². The second kappa shape index (κ2) is 9.72. The molecule has 0 aliphatic carbocycles. The Morgan fingerprint density at radius 3 is 2.29 bits per heavy atom. The average molecular weight is 385 g/mol. The Morgan fingerprint density at radius 1 is 1.11 bits per heavy atom. The van der Waals surface area contributed by atoms with Crippen molar-refractivity contribution in [3.8, 4) is 5.75 Å². The lowest BCUT2D eigenvalue weighted by molar-refractivity contribution is -0.384. The van der Waals surface area contributed by atoms with E-state index in [-0.39, 0.29) is 23.6 Å². The molecule has 0 radical (unpaired) electrons. The summed E-state index contributed by atoms with van der Waals surface area (Å²) in [6.07, 6.45) is 1.31. The summed E-state index contributed by atoms with van der Waals surface area (Å²) in [6, 6.07) is 11.9. The van der Waals surface area contributed by atoms with Crippen molar-refractivity contribution in [2.45, 2.75) is 6.92 Å². The number of hydrogen-bond donors (Lipinski definition) is 2. The maximum Gasteiger partial charge on any atom is 0.356 e. The van der Waals surface area contributed by atoms with Gasteiger partial charge in [0.05, 0.1) is 18.6 Å². The predicted octanol–water partition coefficient (Wildman–Crippen LogP) is 2.85. The summed E-state index contributed by atoms with van der Waals surface area (Å²) >= 11 is 0. The van der Waals surface area contributed by atoms with Crippen molar-refractivity contribution in [1.29, 1.82) is 0 Å². The van der Waals surface area contributed by atoms with Crippen molar-refractivity contribution in [2.75, 3.05) is 19.0 Å². The third-order valence-electron chi connectivity index (χ3n) is 3.56. The Morgan fingerprint density at radius 2 is 1.75 bits per heavy atom. The summed E-state index contributed by atoms with van der Waals surface area (Å²) in [6.45, 7) is 1.77. The first kappa shape index (κ1) is 20.4. The van der Waals surface area contributed by atoms with E-state index >= 15 is 0 Å². The Balaban J connectivity index is 2.15. The fraction of sp³-hybridized carbons (Fsp3) is 0.158. The molecule has 2 aromatic rings. The van der Waals surface area contributed by atoms with Crippen LogP contribution in [0.3, 0.4) is 0 Å². The standard InChI is InChI=1S/C19H19N3O6/c1-3-28-19(24)17(12-20-14-6-10-16(27-2)11-7-14)21-18(23)13-4-8-15(9-5-13)22(25)26/h4-12,20H,3H2,1-2H3,(H,21,23). The van der Waals surface area contributed by atoms with E-state index < -0.39 is 16.8 Å². The van der Waals surface area contributed by atoms with Crippen molar-refractivity contribution in [3.05, 3.63) is 76.1 Å². The number of benzene rings is 2. The van der Waals surface area contributed by atoms with Crippen molar-refractivity contribution >= 4 is 23.3 Å². The first-order chi connectivity index (χ1) is 13.4. The molecule has 0 unspecified atom stereocenters. The maximum atomic E-state index is 12.4. The van der Waals surface area contributed by atoms with Gasteiger partial charge in [-0.2, -0.15) is 0 Å². The van der Waals surface area contributed by atoms with Crippen molar-refractivity contribution in [1.82, 2.24) is 5.32 Å². The number of esters is 1. The molecule has 1 amide bonds. The monoisotopic (exact) mass is 385 g/mol. The number of nitro benzene ring substituents is 1. The molecule has 2 N–H and O–H groups in total. The number of anilines is 1. The number of amides is 1. The van der Waals surface area contributed by atoms with Crippen molar-refractivity contribution < 1.29 is 24.0 Å². The molecule has 0 aliphatic heterocycles. The number of nitrogens with one attached hydrogen (secondary N) is 2. The highest BCUT2D eigenvalue weighted by atomic mass is 16.6. The van der Waals surface area contributed by atoms with Crippen LogP contribution in [0, 0.1) is 10.1 Å². The van der Waals surface area contributed by atoms with Crippen LogP contribution in [-0.2, 0) is 9.53 Å². The second-order valence-corrected chi connectivity index (χ2v) is 5.41. The highest BCUT2D eigenvalue weighted by Crippen LogP contribution is 2.16. The topological polar surface area (TPSA) is 120 Å². The van der Waals surface area contributed by atoms with Crippen LogP contribution in [0.4, 0.5) is 11.4 Å². The predicted molar refractivity (Wildman–Crippen MR) is 102 cm³/mol. The molecule has 146 valence electrons. The van der Waals surface area contributed by atoms with Gasteiger partial charge >= 0.3 is 5.97 Å². The minimum Gasteiger partial charge on any atom is -0.497 e. The van der Waals surface area contributed by atoms with Gasteiger partial charge in [-0.3, -0.25) is 14.9 Å². The highest BCUT2D eigenvalue weighted by molar-refractivity contribution is 6.01. The molecule has 9 nitrogen and oxygen atoms in total. The molecule has 0 atom stereocenters. The van der Waals surface area contributed by atoms with Gasteiger partial charge in [0.1, 0.15) is 11.4 Å². The van der Waals surface area contributed by atoms with Gasteiger partial charge in [0.2, 0.25) is 0 Å². The zero-order valence-corrected chi connectivity index (χ0v) is 15.3. The van der Waals surface area contributed by atoms with Gasteiger partial charge in [0, 0.05) is 29.6 Å². The van der Waals surface area contributed by atoms with E-state index in [1.54, 1.807) is 38.3 Å². The molecular formula is C19H19N3O6. The number of ether oxygens (including phenoxy) is 2. The number of nitro groups is 1. The molecule has 0 spiro atoms. The molecule has 0 heterocycles. The Labute approximate surface area is 161 Å². The lowest BCUT2D eigenvalue weighted by Gasteiger charge is -2.10. The van der Waals surface area contributed by atoms with Gasteiger partial charge in [-0.05, 0) is 43.3 Å². The molecule has 0 aromatic heterocycles. The molecule has 9 heteroatoms. The van der Waals surface area contributed by atoms with Gasteiger partial charge in [0.15, 0.2) is 0 Å². The quantitative estimate of drug-likeness (QED) is 0.310. The third kappa shape index (κ3) is 5.56. The normalized spacial score (nSPS) is 10.7. The lowest BCUT2D eigenvalue weighted by atomic mass is 10.2. The largest absolute Gasteiger partial charge is 0.497 e. The number of carbonyl (C=O) groups is 2. The number of hydrogen-bond acceptors (Lipinski definition) is 7. The Bertz CT molecular complexity index is 876. The third-order valence-corrected chi connectivity index (χ3v) is 3.56. The van der Waals surface area contributed by atoms with Crippen molar-refractivity contribution in [3.63, 3.8) is 0 Å². The SMILES string of the molecule is CCOC(=O)C(=CNc1ccc(OC)cc1)NC(=O)c1ccc([N+](=O)[O-])cc1.